The van der Waals surface area contributed by atoms with Crippen molar-refractivity contribution in [2.24, 2.45) is 0 Å². The van der Waals surface area contributed by atoms with Crippen LogP contribution in [0.5, 0.6) is 0 Å². The average Bonchev–Trinajstić information content (AvgIpc) is 3.27. The fraction of sp³-hybridized carbons (Fsp3) is 0.190. The molecular formula is C21H21ClN2OS. The SMILES string of the molecule is C=CCN(Cc1cccn1Cc1cccc(Cl)c1)C(=O)Cc1cccs1. The standard InChI is InChI=1S/C21H21ClN2OS/c1-2-10-24(21(25)14-20-9-5-12-26-20)16-19-8-4-11-23(19)15-17-6-3-7-18(22)13-17/h2-9,11-13H,1,10,14-16H2. The highest BCUT2D eigenvalue weighted by Crippen LogP contribution is 2.16. The number of hydrogen-bond donors (Lipinski definition) is 0. The lowest BCUT2D eigenvalue weighted by atomic mass is 10.2. The maximum absolute atomic E-state index is 12.7. The Morgan fingerprint density at radius 1 is 1.23 bits per heavy atom. The largest absolute Gasteiger partial charge is 0.345 e. The molecule has 0 aliphatic heterocycles. The number of nitrogens with zero attached hydrogens (tertiary/aromatic N) is 2. The quantitative estimate of drug-likeness (QED) is 0.501. The summed E-state index contributed by atoms with van der Waals surface area (Å²) in [7, 11) is 0. The van der Waals surface area contributed by atoms with Crippen LogP contribution in [0, 0.1) is 0 Å². The fourth-order valence-corrected chi connectivity index (χ4v) is 3.77. The van der Waals surface area contributed by atoms with Crippen LogP contribution < -0.4 is 0 Å². The Balaban J connectivity index is 1.72. The number of amides is 1. The maximum atomic E-state index is 12.7. The fourth-order valence-electron chi connectivity index (χ4n) is 2.86. The van der Waals surface area contributed by atoms with E-state index in [0.29, 0.717) is 19.5 Å². The van der Waals surface area contributed by atoms with Crippen molar-refractivity contribution in [3.63, 3.8) is 0 Å². The third kappa shape index (κ3) is 4.87. The van der Waals surface area contributed by atoms with E-state index >= 15 is 0 Å². The van der Waals surface area contributed by atoms with Crippen molar-refractivity contribution in [2.45, 2.75) is 19.5 Å². The minimum absolute atomic E-state index is 0.114. The molecule has 3 aromatic rings. The number of aromatic nitrogens is 1. The van der Waals surface area contributed by atoms with Gasteiger partial charge in [0.1, 0.15) is 0 Å². The Hall–Kier alpha value is -2.30. The van der Waals surface area contributed by atoms with Crippen LogP contribution in [-0.4, -0.2) is 21.9 Å². The van der Waals surface area contributed by atoms with Crippen molar-refractivity contribution in [1.29, 1.82) is 0 Å². The molecule has 0 bridgehead atoms. The summed E-state index contributed by atoms with van der Waals surface area (Å²) in [5.74, 6) is 0.114. The lowest BCUT2D eigenvalue weighted by Crippen LogP contribution is -2.32. The van der Waals surface area contributed by atoms with Crippen LogP contribution in [0.2, 0.25) is 5.02 Å². The second kappa shape index (κ2) is 8.88. The molecule has 2 aromatic heterocycles. The van der Waals surface area contributed by atoms with Gasteiger partial charge in [-0.25, -0.2) is 0 Å². The molecule has 0 atom stereocenters. The molecule has 0 saturated heterocycles. The van der Waals surface area contributed by atoms with Gasteiger partial charge >= 0.3 is 0 Å². The number of thiophene rings is 1. The van der Waals surface area contributed by atoms with E-state index in [0.717, 1.165) is 27.7 Å². The summed E-state index contributed by atoms with van der Waals surface area (Å²) in [5.41, 5.74) is 2.22. The van der Waals surface area contributed by atoms with Gasteiger partial charge in [0.2, 0.25) is 5.91 Å². The highest BCUT2D eigenvalue weighted by atomic mass is 35.5. The molecular weight excluding hydrogens is 364 g/mol. The van der Waals surface area contributed by atoms with E-state index in [1.165, 1.54) is 0 Å². The summed E-state index contributed by atoms with van der Waals surface area (Å²) in [4.78, 5) is 15.6. The summed E-state index contributed by atoms with van der Waals surface area (Å²) in [6.07, 6.45) is 4.24. The van der Waals surface area contributed by atoms with Crippen LogP contribution in [0.25, 0.3) is 0 Å². The number of benzene rings is 1. The molecule has 0 radical (unpaired) electrons. The zero-order chi connectivity index (χ0) is 18.4. The average molecular weight is 385 g/mol. The molecule has 0 N–H and O–H groups in total. The molecule has 0 saturated carbocycles. The highest BCUT2D eigenvalue weighted by molar-refractivity contribution is 7.10. The Bertz CT molecular complexity index is 870. The van der Waals surface area contributed by atoms with E-state index < -0.39 is 0 Å². The van der Waals surface area contributed by atoms with Gasteiger partial charge in [-0.1, -0.05) is 35.9 Å². The van der Waals surface area contributed by atoms with Crippen molar-refractivity contribution in [3.8, 4) is 0 Å². The van der Waals surface area contributed by atoms with Gasteiger partial charge in [0.25, 0.3) is 0 Å². The zero-order valence-electron chi connectivity index (χ0n) is 14.5. The molecule has 3 nitrogen and oxygen atoms in total. The van der Waals surface area contributed by atoms with Crippen LogP contribution in [-0.2, 0) is 24.3 Å². The normalized spacial score (nSPS) is 10.7. The van der Waals surface area contributed by atoms with Crippen molar-refractivity contribution in [2.75, 3.05) is 6.54 Å². The molecule has 0 aliphatic carbocycles. The first-order chi connectivity index (χ1) is 12.7. The van der Waals surface area contributed by atoms with E-state index in [4.69, 9.17) is 11.6 Å². The van der Waals surface area contributed by atoms with E-state index in [2.05, 4.69) is 23.3 Å². The number of rotatable bonds is 8. The minimum Gasteiger partial charge on any atom is -0.345 e. The van der Waals surface area contributed by atoms with E-state index in [1.54, 1.807) is 17.4 Å². The molecule has 0 spiro atoms. The molecule has 1 aromatic carbocycles. The molecule has 2 heterocycles. The molecule has 1 amide bonds. The summed E-state index contributed by atoms with van der Waals surface area (Å²) < 4.78 is 2.15. The molecule has 0 aliphatic rings. The van der Waals surface area contributed by atoms with Crippen LogP contribution in [0.1, 0.15) is 16.1 Å². The Labute approximate surface area is 163 Å². The molecule has 0 fully saturated rings. The summed E-state index contributed by atoms with van der Waals surface area (Å²) in [6, 6.07) is 15.9. The smallest absolute Gasteiger partial charge is 0.228 e. The monoisotopic (exact) mass is 384 g/mol. The molecule has 5 heteroatoms. The van der Waals surface area contributed by atoms with Crippen LogP contribution in [0.3, 0.4) is 0 Å². The first-order valence-corrected chi connectivity index (χ1v) is 9.71. The van der Waals surface area contributed by atoms with Gasteiger partial charge in [-0.05, 0) is 41.3 Å². The topological polar surface area (TPSA) is 25.2 Å². The number of halogens is 1. The lowest BCUT2D eigenvalue weighted by molar-refractivity contribution is -0.130. The first-order valence-electron chi connectivity index (χ1n) is 8.45. The predicted molar refractivity (Wildman–Crippen MR) is 109 cm³/mol. The second-order valence-corrected chi connectivity index (χ2v) is 7.55. The minimum atomic E-state index is 0.114. The first kappa shape index (κ1) is 18.5. The third-order valence-corrected chi connectivity index (χ3v) is 5.24. The van der Waals surface area contributed by atoms with E-state index in [-0.39, 0.29) is 5.91 Å². The van der Waals surface area contributed by atoms with Gasteiger partial charge in [-0.3, -0.25) is 4.79 Å². The summed E-state index contributed by atoms with van der Waals surface area (Å²) in [5, 5.41) is 2.73. The lowest BCUT2D eigenvalue weighted by Gasteiger charge is -2.22. The Kier molecular flexibility index (Phi) is 6.31. The van der Waals surface area contributed by atoms with Gasteiger partial charge in [0, 0.05) is 34.9 Å². The molecule has 0 unspecified atom stereocenters. The summed E-state index contributed by atoms with van der Waals surface area (Å²) in [6.45, 7) is 5.62. The maximum Gasteiger partial charge on any atom is 0.228 e. The number of hydrogen-bond acceptors (Lipinski definition) is 2. The van der Waals surface area contributed by atoms with Crippen molar-refractivity contribution >= 4 is 28.8 Å². The van der Waals surface area contributed by atoms with E-state index in [1.807, 2.05) is 52.9 Å². The number of carbonyl (C=O) groups excluding carboxylic acids is 1. The van der Waals surface area contributed by atoms with Gasteiger partial charge in [0.15, 0.2) is 0 Å². The van der Waals surface area contributed by atoms with Crippen LogP contribution in [0.4, 0.5) is 0 Å². The van der Waals surface area contributed by atoms with Gasteiger partial charge < -0.3 is 9.47 Å². The van der Waals surface area contributed by atoms with Crippen molar-refractivity contribution in [3.05, 3.63) is 93.9 Å². The zero-order valence-corrected chi connectivity index (χ0v) is 16.0. The Morgan fingerprint density at radius 2 is 2.12 bits per heavy atom. The Morgan fingerprint density at radius 3 is 2.85 bits per heavy atom. The summed E-state index contributed by atoms with van der Waals surface area (Å²) >= 11 is 7.70. The van der Waals surface area contributed by atoms with E-state index in [9.17, 15) is 4.79 Å². The highest BCUT2D eigenvalue weighted by Gasteiger charge is 2.15. The van der Waals surface area contributed by atoms with Gasteiger partial charge in [-0.2, -0.15) is 0 Å². The third-order valence-electron chi connectivity index (χ3n) is 4.13. The molecule has 134 valence electrons. The van der Waals surface area contributed by atoms with Gasteiger partial charge in [-0.15, -0.1) is 17.9 Å². The van der Waals surface area contributed by atoms with Crippen molar-refractivity contribution in [1.82, 2.24) is 9.47 Å². The van der Waals surface area contributed by atoms with Crippen LogP contribution >= 0.6 is 22.9 Å². The van der Waals surface area contributed by atoms with Crippen LogP contribution in [0.15, 0.2) is 72.8 Å². The van der Waals surface area contributed by atoms with Crippen molar-refractivity contribution < 1.29 is 4.79 Å². The van der Waals surface area contributed by atoms with Gasteiger partial charge in [0.05, 0.1) is 13.0 Å². The molecule has 3 rings (SSSR count). The number of carbonyl (C=O) groups is 1. The predicted octanol–water partition coefficient (Wildman–Crippen LogP) is 5.01. The second-order valence-electron chi connectivity index (χ2n) is 6.08. The molecule has 26 heavy (non-hydrogen) atoms.